The maximum Gasteiger partial charge on any atom is 0.414 e. The molecule has 0 radical (unpaired) electrons. The van der Waals surface area contributed by atoms with E-state index in [1.54, 1.807) is 29.2 Å². The van der Waals surface area contributed by atoms with E-state index in [2.05, 4.69) is 11.0 Å². The molecule has 1 aromatic rings. The lowest BCUT2D eigenvalue weighted by molar-refractivity contribution is -0.149. The molecule has 0 aromatic heterocycles. The van der Waals surface area contributed by atoms with Crippen molar-refractivity contribution in [3.8, 4) is 6.07 Å². The Bertz CT molecular complexity index is 690. The molecule has 2 aliphatic rings. The summed E-state index contributed by atoms with van der Waals surface area (Å²) >= 11 is 0. The molecule has 1 atom stereocenters. The number of hydrogen-bond donors (Lipinski definition) is 0. The van der Waals surface area contributed by atoms with Crippen LogP contribution in [0.2, 0.25) is 0 Å². The summed E-state index contributed by atoms with van der Waals surface area (Å²) in [7, 11) is 0. The molecule has 1 amide bonds. The molecule has 0 N–H and O–H groups in total. The molecule has 138 valence electrons. The molecule has 1 unspecified atom stereocenters. The lowest BCUT2D eigenvalue weighted by Gasteiger charge is -2.31. The first-order valence-corrected chi connectivity index (χ1v) is 8.98. The largest absolute Gasteiger partial charge is 0.466 e. The molecule has 26 heavy (non-hydrogen) atoms. The highest BCUT2D eigenvalue weighted by Crippen LogP contribution is 2.24. The van der Waals surface area contributed by atoms with Crippen molar-refractivity contribution in [2.75, 3.05) is 37.7 Å². The summed E-state index contributed by atoms with van der Waals surface area (Å²) in [6.45, 7) is 4.99. The van der Waals surface area contributed by atoms with Crippen molar-refractivity contribution >= 4 is 17.7 Å². The zero-order chi connectivity index (χ0) is 18.5. The Labute approximate surface area is 153 Å². The Morgan fingerprint density at radius 1 is 1.31 bits per heavy atom. The van der Waals surface area contributed by atoms with Gasteiger partial charge in [-0.1, -0.05) is 0 Å². The van der Waals surface area contributed by atoms with Crippen molar-refractivity contribution < 1.29 is 19.1 Å². The Kier molecular flexibility index (Phi) is 5.74. The van der Waals surface area contributed by atoms with E-state index in [0.29, 0.717) is 25.3 Å². The molecule has 2 heterocycles. The molecule has 0 spiro atoms. The van der Waals surface area contributed by atoms with Gasteiger partial charge in [-0.05, 0) is 57.1 Å². The van der Waals surface area contributed by atoms with Gasteiger partial charge < -0.3 is 9.47 Å². The number of esters is 1. The first-order valence-electron chi connectivity index (χ1n) is 8.98. The van der Waals surface area contributed by atoms with E-state index in [0.717, 1.165) is 31.6 Å². The second-order valence-electron chi connectivity index (χ2n) is 6.60. The Morgan fingerprint density at radius 2 is 2.00 bits per heavy atom. The topological polar surface area (TPSA) is 82.9 Å². The highest BCUT2D eigenvalue weighted by molar-refractivity contribution is 5.89. The summed E-state index contributed by atoms with van der Waals surface area (Å²) in [6.07, 6.45) is 0.996. The quantitative estimate of drug-likeness (QED) is 0.751. The van der Waals surface area contributed by atoms with E-state index in [-0.39, 0.29) is 24.1 Å². The third-order valence-electron chi connectivity index (χ3n) is 4.85. The molecule has 0 aliphatic carbocycles. The predicted molar refractivity (Wildman–Crippen MR) is 94.6 cm³/mol. The number of nitrogens with zero attached hydrogens (tertiary/aromatic N) is 3. The van der Waals surface area contributed by atoms with Gasteiger partial charge in [0, 0.05) is 12.2 Å². The molecule has 7 nitrogen and oxygen atoms in total. The summed E-state index contributed by atoms with van der Waals surface area (Å²) in [4.78, 5) is 27.8. The number of amides is 1. The predicted octanol–water partition coefficient (Wildman–Crippen LogP) is 2.16. The summed E-state index contributed by atoms with van der Waals surface area (Å²) in [5.74, 6) is -0.126. The molecular formula is C19H23N3O4. The number of benzene rings is 1. The van der Waals surface area contributed by atoms with Crippen molar-refractivity contribution in [3.05, 3.63) is 29.8 Å². The normalized spacial score (nSPS) is 21.3. The van der Waals surface area contributed by atoms with Crippen molar-refractivity contribution in [1.29, 1.82) is 5.26 Å². The molecular weight excluding hydrogens is 334 g/mol. The number of carbonyl (C=O) groups is 2. The van der Waals surface area contributed by atoms with Gasteiger partial charge in [-0.15, -0.1) is 0 Å². The van der Waals surface area contributed by atoms with Crippen LogP contribution in [0.15, 0.2) is 24.3 Å². The molecule has 0 saturated carbocycles. The zero-order valence-corrected chi connectivity index (χ0v) is 14.9. The maximum absolute atomic E-state index is 12.2. The maximum atomic E-state index is 12.2. The van der Waals surface area contributed by atoms with Crippen LogP contribution in [0.3, 0.4) is 0 Å². The van der Waals surface area contributed by atoms with Crippen molar-refractivity contribution in [3.63, 3.8) is 0 Å². The minimum atomic E-state index is -0.360. The number of hydrogen-bond acceptors (Lipinski definition) is 6. The SMILES string of the molecule is CCOC(=O)C1CCN(CC2CN(c3ccc(C#N)cc3)C(=O)O2)CC1. The first-order chi connectivity index (χ1) is 12.6. The van der Waals surface area contributed by atoms with Crippen LogP contribution in [0.5, 0.6) is 0 Å². The Morgan fingerprint density at radius 3 is 2.62 bits per heavy atom. The van der Waals surface area contributed by atoms with E-state index in [1.807, 2.05) is 6.92 Å². The number of ether oxygens (including phenoxy) is 2. The molecule has 7 heteroatoms. The monoisotopic (exact) mass is 357 g/mol. The lowest BCUT2D eigenvalue weighted by Crippen LogP contribution is -2.41. The molecule has 1 aromatic carbocycles. The fraction of sp³-hybridized carbons (Fsp3) is 0.526. The zero-order valence-electron chi connectivity index (χ0n) is 14.9. The van der Waals surface area contributed by atoms with Crippen LogP contribution in [0.25, 0.3) is 0 Å². The third-order valence-corrected chi connectivity index (χ3v) is 4.85. The van der Waals surface area contributed by atoms with E-state index in [1.165, 1.54) is 0 Å². The minimum Gasteiger partial charge on any atom is -0.466 e. The molecule has 0 bridgehead atoms. The summed E-state index contributed by atoms with van der Waals surface area (Å²) in [5.41, 5.74) is 1.29. The number of nitriles is 1. The molecule has 2 fully saturated rings. The first kappa shape index (κ1) is 18.2. The Hall–Kier alpha value is -2.59. The fourth-order valence-corrected chi connectivity index (χ4v) is 3.44. The molecule has 2 aliphatic heterocycles. The number of rotatable bonds is 5. The van der Waals surface area contributed by atoms with Gasteiger partial charge in [-0.2, -0.15) is 5.26 Å². The van der Waals surface area contributed by atoms with E-state index in [4.69, 9.17) is 14.7 Å². The number of cyclic esters (lactones) is 1. The third kappa shape index (κ3) is 4.14. The minimum absolute atomic E-state index is 0.0209. The van der Waals surface area contributed by atoms with Crippen molar-refractivity contribution in [2.45, 2.75) is 25.9 Å². The van der Waals surface area contributed by atoms with E-state index < -0.39 is 0 Å². The highest BCUT2D eigenvalue weighted by atomic mass is 16.6. The second kappa shape index (κ2) is 8.19. The molecule has 3 rings (SSSR count). The average Bonchev–Trinajstić information content (AvgIpc) is 3.02. The van der Waals surface area contributed by atoms with Gasteiger partial charge in [-0.3, -0.25) is 14.6 Å². The van der Waals surface area contributed by atoms with Crippen LogP contribution in [-0.4, -0.2) is 55.9 Å². The van der Waals surface area contributed by atoms with Gasteiger partial charge in [0.15, 0.2) is 0 Å². The van der Waals surface area contributed by atoms with Crippen LogP contribution in [0, 0.1) is 17.2 Å². The van der Waals surface area contributed by atoms with Gasteiger partial charge in [-0.25, -0.2) is 4.79 Å². The average molecular weight is 357 g/mol. The van der Waals surface area contributed by atoms with Crippen molar-refractivity contribution in [2.24, 2.45) is 5.92 Å². The van der Waals surface area contributed by atoms with E-state index >= 15 is 0 Å². The van der Waals surface area contributed by atoms with Gasteiger partial charge in [0.2, 0.25) is 0 Å². The number of anilines is 1. The van der Waals surface area contributed by atoms with Crippen LogP contribution in [-0.2, 0) is 14.3 Å². The van der Waals surface area contributed by atoms with Gasteiger partial charge in [0.05, 0.1) is 30.7 Å². The Balaban J connectivity index is 1.50. The smallest absolute Gasteiger partial charge is 0.414 e. The highest BCUT2D eigenvalue weighted by Gasteiger charge is 2.35. The standard InChI is InChI=1S/C19H23N3O4/c1-2-25-18(23)15-7-9-21(10-8-15)12-17-13-22(19(24)26-17)16-5-3-14(11-20)4-6-16/h3-6,15,17H,2,7-10,12-13H2,1H3. The van der Waals surface area contributed by atoms with Crippen LogP contribution in [0.1, 0.15) is 25.3 Å². The number of piperidine rings is 1. The number of carbonyl (C=O) groups excluding carboxylic acids is 2. The summed E-state index contributed by atoms with van der Waals surface area (Å²) in [5, 5.41) is 8.86. The summed E-state index contributed by atoms with van der Waals surface area (Å²) in [6, 6.07) is 8.96. The van der Waals surface area contributed by atoms with Crippen LogP contribution >= 0.6 is 0 Å². The van der Waals surface area contributed by atoms with Crippen LogP contribution < -0.4 is 4.90 Å². The van der Waals surface area contributed by atoms with E-state index in [9.17, 15) is 9.59 Å². The lowest BCUT2D eigenvalue weighted by atomic mass is 9.97. The second-order valence-corrected chi connectivity index (χ2v) is 6.60. The van der Waals surface area contributed by atoms with Gasteiger partial charge >= 0.3 is 12.1 Å². The summed E-state index contributed by atoms with van der Waals surface area (Å²) < 4.78 is 10.6. The molecule has 2 saturated heterocycles. The van der Waals surface area contributed by atoms with Gasteiger partial charge in [0.1, 0.15) is 6.10 Å². The number of likely N-dealkylation sites (tertiary alicyclic amines) is 1. The fourth-order valence-electron chi connectivity index (χ4n) is 3.44. The van der Waals surface area contributed by atoms with Gasteiger partial charge in [0.25, 0.3) is 0 Å². The van der Waals surface area contributed by atoms with Crippen LogP contribution in [0.4, 0.5) is 10.5 Å². The van der Waals surface area contributed by atoms with Crippen molar-refractivity contribution in [1.82, 2.24) is 4.90 Å².